The lowest BCUT2D eigenvalue weighted by atomic mass is 10.0. The molecule has 1 fully saturated rings. The number of aliphatic hydroxyl groups is 1. The molecule has 2 aromatic rings. The van der Waals surface area contributed by atoms with E-state index in [1.165, 1.54) is 12.1 Å². The summed E-state index contributed by atoms with van der Waals surface area (Å²) >= 11 is 0. The molecule has 1 N–H and O–H groups in total. The zero-order valence-electron chi connectivity index (χ0n) is 12.7. The van der Waals surface area contributed by atoms with E-state index in [2.05, 4.69) is 6.07 Å². The van der Waals surface area contributed by atoms with Crippen molar-refractivity contribution in [1.82, 2.24) is 0 Å². The number of rotatable bonds is 4. The predicted molar refractivity (Wildman–Crippen MR) is 86.5 cm³/mol. The first kappa shape index (κ1) is 15.7. The van der Waals surface area contributed by atoms with Gasteiger partial charge in [0.15, 0.2) is 9.84 Å². The molecule has 23 heavy (non-hydrogen) atoms. The van der Waals surface area contributed by atoms with Gasteiger partial charge >= 0.3 is 0 Å². The van der Waals surface area contributed by atoms with Crippen molar-refractivity contribution in [3.05, 3.63) is 65.7 Å². The van der Waals surface area contributed by atoms with Gasteiger partial charge in [-0.2, -0.15) is 5.26 Å². The fourth-order valence-electron chi connectivity index (χ4n) is 3.22. The first-order chi connectivity index (χ1) is 11.0. The molecule has 0 heterocycles. The van der Waals surface area contributed by atoms with Gasteiger partial charge in [0.25, 0.3) is 0 Å². The molecule has 5 heteroatoms. The molecule has 118 valence electrons. The SMILES string of the molecule is Cc1ccc([C@@H]2[C@H](S(=O)(=O)c3ccccc3)[C@]2(C#N)CO)cc1. The van der Waals surface area contributed by atoms with E-state index in [1.807, 2.05) is 31.2 Å². The van der Waals surface area contributed by atoms with Crippen molar-refractivity contribution in [1.29, 1.82) is 5.26 Å². The summed E-state index contributed by atoms with van der Waals surface area (Å²) < 4.78 is 25.8. The molecule has 0 unspecified atom stereocenters. The third-order valence-corrected chi connectivity index (χ3v) is 6.86. The molecule has 1 aliphatic rings. The Balaban J connectivity index is 2.07. The monoisotopic (exact) mass is 327 g/mol. The van der Waals surface area contributed by atoms with Crippen LogP contribution in [-0.2, 0) is 9.84 Å². The average Bonchev–Trinajstić information content (AvgIpc) is 3.27. The van der Waals surface area contributed by atoms with Crippen molar-refractivity contribution in [2.45, 2.75) is 23.0 Å². The third-order valence-electron chi connectivity index (χ3n) is 4.57. The zero-order valence-corrected chi connectivity index (χ0v) is 13.5. The van der Waals surface area contributed by atoms with Crippen LogP contribution in [0.5, 0.6) is 0 Å². The molecule has 1 aliphatic carbocycles. The van der Waals surface area contributed by atoms with Crippen LogP contribution in [0, 0.1) is 23.7 Å². The second-order valence-electron chi connectivity index (χ2n) is 5.98. The van der Waals surface area contributed by atoms with Crippen LogP contribution in [0.2, 0.25) is 0 Å². The Morgan fingerprint density at radius 1 is 1.13 bits per heavy atom. The summed E-state index contributed by atoms with van der Waals surface area (Å²) in [5.41, 5.74) is 0.559. The van der Waals surface area contributed by atoms with E-state index in [9.17, 15) is 18.8 Å². The molecule has 4 nitrogen and oxygen atoms in total. The third kappa shape index (κ3) is 2.35. The van der Waals surface area contributed by atoms with E-state index in [4.69, 9.17) is 0 Å². The molecule has 1 saturated carbocycles. The van der Waals surface area contributed by atoms with E-state index >= 15 is 0 Å². The van der Waals surface area contributed by atoms with Crippen LogP contribution < -0.4 is 0 Å². The molecule has 3 rings (SSSR count). The van der Waals surface area contributed by atoms with Crippen molar-refractivity contribution in [3.63, 3.8) is 0 Å². The van der Waals surface area contributed by atoms with Gasteiger partial charge in [-0.05, 0) is 24.6 Å². The van der Waals surface area contributed by atoms with Gasteiger partial charge in [0.05, 0.1) is 22.8 Å². The van der Waals surface area contributed by atoms with Gasteiger partial charge < -0.3 is 5.11 Å². The van der Waals surface area contributed by atoms with Crippen molar-refractivity contribution in [2.24, 2.45) is 5.41 Å². The summed E-state index contributed by atoms with van der Waals surface area (Å²) in [4.78, 5) is 0.188. The van der Waals surface area contributed by atoms with Crippen molar-refractivity contribution < 1.29 is 13.5 Å². The van der Waals surface area contributed by atoms with Gasteiger partial charge in [0, 0.05) is 5.92 Å². The average molecular weight is 327 g/mol. The van der Waals surface area contributed by atoms with Crippen molar-refractivity contribution >= 4 is 9.84 Å². The Morgan fingerprint density at radius 3 is 2.26 bits per heavy atom. The molecule has 0 amide bonds. The molecule has 3 atom stereocenters. The highest BCUT2D eigenvalue weighted by atomic mass is 32.2. The summed E-state index contributed by atoms with van der Waals surface area (Å²) in [5.74, 6) is -0.511. The number of aryl methyl sites for hydroxylation is 1. The van der Waals surface area contributed by atoms with Gasteiger partial charge in [-0.3, -0.25) is 0 Å². The fourth-order valence-corrected chi connectivity index (χ4v) is 5.56. The predicted octanol–water partition coefficient (Wildman–Crippen LogP) is 2.44. The van der Waals surface area contributed by atoms with Crippen molar-refractivity contribution in [2.75, 3.05) is 6.61 Å². The largest absolute Gasteiger partial charge is 0.395 e. The van der Waals surface area contributed by atoms with E-state index < -0.39 is 33.0 Å². The standard InChI is InChI=1S/C18H17NO3S/c1-13-7-9-14(10-8-13)16-17(18(16,11-19)12-20)23(21,22)15-5-3-2-4-6-15/h2-10,16-17,20H,12H2,1H3/t16-,17+,18-/m1/s1. The number of nitriles is 1. The van der Waals surface area contributed by atoms with E-state index in [0.717, 1.165) is 11.1 Å². The molecule has 0 spiro atoms. The second-order valence-corrected chi connectivity index (χ2v) is 8.05. The van der Waals surface area contributed by atoms with Crippen LogP contribution in [0.25, 0.3) is 0 Å². The maximum Gasteiger partial charge on any atom is 0.183 e. The second kappa shape index (κ2) is 5.48. The summed E-state index contributed by atoms with van der Waals surface area (Å²) in [6, 6.07) is 17.6. The first-order valence-corrected chi connectivity index (χ1v) is 8.89. The normalized spacial score (nSPS) is 26.5. The summed E-state index contributed by atoms with van der Waals surface area (Å²) in [6.45, 7) is 1.47. The Kier molecular flexibility index (Phi) is 3.75. The van der Waals surface area contributed by atoms with Crippen LogP contribution in [0.15, 0.2) is 59.5 Å². The quantitative estimate of drug-likeness (QED) is 0.935. The number of nitrogens with zero attached hydrogens (tertiary/aromatic N) is 1. The number of sulfone groups is 1. The molecular formula is C18H17NO3S. The van der Waals surface area contributed by atoms with Crippen LogP contribution in [0.3, 0.4) is 0 Å². The smallest absolute Gasteiger partial charge is 0.183 e. The highest BCUT2D eigenvalue weighted by Gasteiger charge is 2.72. The lowest BCUT2D eigenvalue weighted by Crippen LogP contribution is -2.18. The van der Waals surface area contributed by atoms with Crippen LogP contribution in [0.4, 0.5) is 0 Å². The number of aliphatic hydroxyl groups excluding tert-OH is 1. The lowest BCUT2D eigenvalue weighted by Gasteiger charge is -2.05. The molecular weight excluding hydrogens is 310 g/mol. The molecule has 2 aromatic carbocycles. The van der Waals surface area contributed by atoms with Gasteiger partial charge in [0.1, 0.15) is 5.41 Å². The topological polar surface area (TPSA) is 78.2 Å². The van der Waals surface area contributed by atoms with Gasteiger partial charge in [0.2, 0.25) is 0 Å². The molecule has 0 bridgehead atoms. The fraction of sp³-hybridized carbons (Fsp3) is 0.278. The van der Waals surface area contributed by atoms with Crippen LogP contribution >= 0.6 is 0 Å². The Labute approximate surface area is 135 Å². The summed E-state index contributed by atoms with van der Waals surface area (Å²) in [5, 5.41) is 18.4. The number of hydrogen-bond acceptors (Lipinski definition) is 4. The molecule has 0 aliphatic heterocycles. The minimum Gasteiger partial charge on any atom is -0.395 e. The lowest BCUT2D eigenvalue weighted by molar-refractivity contribution is 0.242. The first-order valence-electron chi connectivity index (χ1n) is 7.35. The minimum absolute atomic E-state index is 0.188. The minimum atomic E-state index is -3.69. The summed E-state index contributed by atoms with van der Waals surface area (Å²) in [7, 11) is -3.69. The van der Waals surface area contributed by atoms with Gasteiger partial charge in [-0.15, -0.1) is 0 Å². The molecule has 0 radical (unpaired) electrons. The van der Waals surface area contributed by atoms with E-state index in [0.29, 0.717) is 0 Å². The van der Waals surface area contributed by atoms with E-state index in [-0.39, 0.29) is 4.90 Å². The van der Waals surface area contributed by atoms with Crippen LogP contribution in [-0.4, -0.2) is 25.4 Å². The molecule has 0 aromatic heterocycles. The van der Waals surface area contributed by atoms with Crippen LogP contribution in [0.1, 0.15) is 17.0 Å². The number of hydrogen-bond donors (Lipinski definition) is 1. The Hall–Kier alpha value is -2.16. The van der Waals surface area contributed by atoms with Crippen molar-refractivity contribution in [3.8, 4) is 6.07 Å². The zero-order chi connectivity index (χ0) is 16.7. The number of benzene rings is 2. The Morgan fingerprint density at radius 2 is 1.74 bits per heavy atom. The van der Waals surface area contributed by atoms with Gasteiger partial charge in [-0.1, -0.05) is 48.0 Å². The molecule has 0 saturated heterocycles. The Bertz CT molecular complexity index is 853. The maximum atomic E-state index is 12.9. The highest BCUT2D eigenvalue weighted by molar-refractivity contribution is 7.92. The van der Waals surface area contributed by atoms with Gasteiger partial charge in [-0.25, -0.2) is 8.42 Å². The highest BCUT2D eigenvalue weighted by Crippen LogP contribution is 2.63. The maximum absolute atomic E-state index is 12.9. The van der Waals surface area contributed by atoms with E-state index in [1.54, 1.807) is 18.2 Å². The summed E-state index contributed by atoms with van der Waals surface area (Å²) in [6.07, 6.45) is 0.